The van der Waals surface area contributed by atoms with Gasteiger partial charge in [0.25, 0.3) is 14.2 Å². The normalized spacial score (nSPS) is 11.8. The molecule has 0 fully saturated rings. The van der Waals surface area contributed by atoms with Crippen LogP contribution in [0, 0.1) is 0 Å². The average Bonchev–Trinajstić information content (AvgIpc) is 2.63. The van der Waals surface area contributed by atoms with Crippen LogP contribution in [0.1, 0.15) is 0 Å². The van der Waals surface area contributed by atoms with Crippen molar-refractivity contribution in [3.05, 3.63) is 27.1 Å². The number of hydrogen-bond donors (Lipinski definition) is 0. The summed E-state index contributed by atoms with van der Waals surface area (Å²) in [7, 11) is 2.89. The van der Waals surface area contributed by atoms with Gasteiger partial charge >= 0.3 is 0 Å². The molecule has 0 radical (unpaired) electrons. The van der Waals surface area contributed by atoms with Gasteiger partial charge in [-0.3, -0.25) is 4.57 Å². The van der Waals surface area contributed by atoms with Gasteiger partial charge in [0.2, 0.25) is 0 Å². The van der Waals surface area contributed by atoms with Crippen LogP contribution in [0.25, 0.3) is 11.4 Å². The van der Waals surface area contributed by atoms with Crippen LogP contribution in [-0.2, 0) is 16.1 Å². The molecule has 2 aromatic rings. The van der Waals surface area contributed by atoms with E-state index in [-0.39, 0.29) is 5.16 Å². The van der Waals surface area contributed by atoms with E-state index in [9.17, 15) is 8.42 Å². The van der Waals surface area contributed by atoms with Gasteiger partial charge in [0.05, 0.1) is 0 Å². The van der Waals surface area contributed by atoms with Crippen LogP contribution in [-0.4, -0.2) is 23.2 Å². The van der Waals surface area contributed by atoms with Crippen molar-refractivity contribution in [3.63, 3.8) is 0 Å². The predicted molar refractivity (Wildman–Crippen MR) is 74.9 cm³/mol. The minimum atomic E-state index is -3.91. The van der Waals surface area contributed by atoms with Gasteiger partial charge in [-0.2, -0.15) is 0 Å². The Labute approximate surface area is 125 Å². The van der Waals surface area contributed by atoms with Crippen molar-refractivity contribution in [2.45, 2.75) is 5.16 Å². The van der Waals surface area contributed by atoms with E-state index in [0.717, 1.165) is 8.95 Å². The fourth-order valence-electron chi connectivity index (χ4n) is 1.43. The minimum Gasteiger partial charge on any atom is -0.300 e. The van der Waals surface area contributed by atoms with Gasteiger partial charge < -0.3 is 0 Å². The van der Waals surface area contributed by atoms with Crippen LogP contribution in [0.3, 0.4) is 0 Å². The van der Waals surface area contributed by atoms with Crippen molar-refractivity contribution in [1.29, 1.82) is 0 Å². The summed E-state index contributed by atoms with van der Waals surface area (Å²) in [6.45, 7) is 0. The molecule has 9 heteroatoms. The van der Waals surface area contributed by atoms with E-state index in [0.29, 0.717) is 11.4 Å². The van der Waals surface area contributed by atoms with Crippen LogP contribution in [0.2, 0.25) is 0 Å². The lowest BCUT2D eigenvalue weighted by Crippen LogP contribution is -2.03. The fraction of sp³-hybridized carbons (Fsp3) is 0.111. The molecule has 0 N–H and O–H groups in total. The lowest BCUT2D eigenvalue weighted by Gasteiger charge is -2.05. The maximum atomic E-state index is 11.3. The highest BCUT2D eigenvalue weighted by molar-refractivity contribution is 9.11. The Balaban J connectivity index is 2.67. The zero-order valence-corrected chi connectivity index (χ0v) is 13.7. The Morgan fingerprint density at radius 3 is 2.50 bits per heavy atom. The summed E-state index contributed by atoms with van der Waals surface area (Å²) in [5.74, 6) is 0.405. The maximum absolute atomic E-state index is 11.3. The topological polar surface area (TPSA) is 64.8 Å². The van der Waals surface area contributed by atoms with Crippen LogP contribution < -0.4 is 0 Å². The summed E-state index contributed by atoms with van der Waals surface area (Å²) in [5.41, 5.74) is 0.714. The molecule has 0 bridgehead atoms. The lowest BCUT2D eigenvalue weighted by molar-refractivity contribution is 0.593. The van der Waals surface area contributed by atoms with E-state index < -0.39 is 9.05 Å². The fourth-order valence-corrected chi connectivity index (χ4v) is 3.17. The smallest absolute Gasteiger partial charge is 0.296 e. The Morgan fingerprint density at radius 1 is 1.28 bits per heavy atom. The molecule has 1 heterocycles. The SMILES string of the molecule is Cn1c(-c2cc(Br)ccc2Br)nnc1S(=O)(=O)Cl. The van der Waals surface area contributed by atoms with E-state index in [2.05, 4.69) is 42.1 Å². The van der Waals surface area contributed by atoms with Gasteiger partial charge in [0.15, 0.2) is 5.82 Å². The first-order valence-corrected chi connectivity index (χ1v) is 8.49. The monoisotopic (exact) mass is 413 g/mol. The molecule has 0 aliphatic heterocycles. The Morgan fingerprint density at radius 2 is 1.94 bits per heavy atom. The van der Waals surface area contributed by atoms with Gasteiger partial charge in [-0.25, -0.2) is 8.42 Å². The minimum absolute atomic E-state index is 0.286. The molecule has 0 atom stereocenters. The molecule has 1 aromatic heterocycles. The predicted octanol–water partition coefficient (Wildman–Crippen LogP) is 2.93. The Kier molecular flexibility index (Phi) is 3.82. The van der Waals surface area contributed by atoms with Gasteiger partial charge in [-0.05, 0) is 18.2 Å². The molecule has 96 valence electrons. The van der Waals surface area contributed by atoms with Gasteiger partial charge in [-0.1, -0.05) is 31.9 Å². The summed E-state index contributed by atoms with van der Waals surface area (Å²) >= 11 is 6.72. The van der Waals surface area contributed by atoms with Crippen molar-refractivity contribution >= 4 is 51.6 Å². The summed E-state index contributed by atoms with van der Waals surface area (Å²) in [5, 5.41) is 7.16. The van der Waals surface area contributed by atoms with Crippen LogP contribution in [0.15, 0.2) is 32.3 Å². The lowest BCUT2D eigenvalue weighted by atomic mass is 10.2. The molecular formula is C9H6Br2ClN3O2S. The van der Waals surface area contributed by atoms with E-state index in [1.165, 1.54) is 11.6 Å². The molecule has 0 unspecified atom stereocenters. The zero-order chi connectivity index (χ0) is 13.5. The van der Waals surface area contributed by atoms with E-state index in [1.807, 2.05) is 12.1 Å². The number of aromatic nitrogens is 3. The highest BCUT2D eigenvalue weighted by atomic mass is 79.9. The third kappa shape index (κ3) is 2.61. The molecule has 5 nitrogen and oxygen atoms in total. The van der Waals surface area contributed by atoms with Crippen molar-refractivity contribution in [2.24, 2.45) is 7.05 Å². The standard InChI is InChI=1S/C9H6Br2ClN3O2S/c1-15-8(13-14-9(15)18(12,16)17)6-4-5(10)2-3-7(6)11/h2-4H,1H3. The second-order valence-corrected chi connectivity index (χ2v) is 7.66. The molecule has 0 spiro atoms. The second kappa shape index (κ2) is 4.92. The average molecular weight is 415 g/mol. The summed E-state index contributed by atoms with van der Waals surface area (Å²) < 4.78 is 25.5. The summed E-state index contributed by atoms with van der Waals surface area (Å²) in [6.07, 6.45) is 0. The third-order valence-corrected chi connectivity index (χ3v) is 4.61. The number of hydrogen-bond acceptors (Lipinski definition) is 4. The molecule has 18 heavy (non-hydrogen) atoms. The number of nitrogens with zero attached hydrogens (tertiary/aromatic N) is 3. The Hall–Kier alpha value is -0.440. The van der Waals surface area contributed by atoms with Crippen molar-refractivity contribution in [2.75, 3.05) is 0 Å². The molecule has 0 saturated carbocycles. The van der Waals surface area contributed by atoms with Crippen LogP contribution in [0.5, 0.6) is 0 Å². The molecule has 0 aliphatic carbocycles. The molecule has 0 amide bonds. The third-order valence-electron chi connectivity index (χ3n) is 2.22. The molecule has 0 aliphatic rings. The van der Waals surface area contributed by atoms with Crippen molar-refractivity contribution in [1.82, 2.24) is 14.8 Å². The highest BCUT2D eigenvalue weighted by Gasteiger charge is 2.22. The summed E-state index contributed by atoms with van der Waals surface area (Å²) in [4.78, 5) is 0. The van der Waals surface area contributed by atoms with Gasteiger partial charge in [0.1, 0.15) is 0 Å². The Bertz CT molecular complexity index is 715. The largest absolute Gasteiger partial charge is 0.300 e. The van der Waals surface area contributed by atoms with Crippen molar-refractivity contribution in [3.8, 4) is 11.4 Å². The second-order valence-electron chi connectivity index (χ2n) is 3.43. The van der Waals surface area contributed by atoms with E-state index >= 15 is 0 Å². The quantitative estimate of drug-likeness (QED) is 0.708. The van der Waals surface area contributed by atoms with Crippen LogP contribution >= 0.6 is 42.5 Å². The summed E-state index contributed by atoms with van der Waals surface area (Å²) in [6, 6.07) is 5.48. The van der Waals surface area contributed by atoms with E-state index in [1.54, 1.807) is 6.07 Å². The zero-order valence-electron chi connectivity index (χ0n) is 8.93. The molecular weight excluding hydrogens is 409 g/mol. The first kappa shape index (κ1) is 14.0. The maximum Gasteiger partial charge on any atom is 0.296 e. The van der Waals surface area contributed by atoms with Crippen LogP contribution in [0.4, 0.5) is 0 Å². The first-order chi connectivity index (χ1) is 8.30. The number of benzene rings is 1. The number of rotatable bonds is 2. The molecule has 2 rings (SSSR count). The first-order valence-electron chi connectivity index (χ1n) is 4.60. The van der Waals surface area contributed by atoms with Gasteiger partial charge in [-0.15, -0.1) is 10.2 Å². The number of halogens is 3. The highest BCUT2D eigenvalue weighted by Crippen LogP contribution is 2.30. The molecule has 0 saturated heterocycles. The van der Waals surface area contributed by atoms with E-state index in [4.69, 9.17) is 10.7 Å². The van der Waals surface area contributed by atoms with Gasteiger partial charge in [0, 0.05) is 32.2 Å². The van der Waals surface area contributed by atoms with Crippen molar-refractivity contribution < 1.29 is 8.42 Å². The molecule has 1 aromatic carbocycles.